The van der Waals surface area contributed by atoms with E-state index in [1.165, 1.54) is 0 Å². The molecule has 0 radical (unpaired) electrons. The van der Waals surface area contributed by atoms with Crippen LogP contribution in [-0.4, -0.2) is 64.0 Å². The fourth-order valence-corrected chi connectivity index (χ4v) is 3.66. The second-order valence-electron chi connectivity index (χ2n) is 6.67. The maximum Gasteiger partial charge on any atom is 0.290 e. The molecule has 0 bridgehead atoms. The van der Waals surface area contributed by atoms with Crippen LogP contribution in [0, 0.1) is 0 Å². The van der Waals surface area contributed by atoms with Crippen LogP contribution in [0.25, 0.3) is 0 Å². The molecule has 1 N–H and O–H groups in total. The number of carbonyl (C=O) groups excluding carboxylic acids is 1. The lowest BCUT2D eigenvalue weighted by atomic mass is 9.85. The number of imidazole rings is 1. The van der Waals surface area contributed by atoms with Gasteiger partial charge >= 0.3 is 0 Å². The maximum atomic E-state index is 12.9. The van der Waals surface area contributed by atoms with Crippen LogP contribution in [0.1, 0.15) is 18.4 Å². The first kappa shape index (κ1) is 20.9. The lowest BCUT2D eigenvalue weighted by molar-refractivity contribution is -0.141. The number of nitrogens with zero attached hydrogens (tertiary/aromatic N) is 4. The van der Waals surface area contributed by atoms with Crippen molar-refractivity contribution in [1.82, 2.24) is 19.4 Å². The fraction of sp³-hybridized carbons (Fsp3) is 0.421. The summed E-state index contributed by atoms with van der Waals surface area (Å²) in [4.78, 5) is 29.4. The third-order valence-electron chi connectivity index (χ3n) is 4.84. The highest BCUT2D eigenvalue weighted by atomic mass is 35.5. The van der Waals surface area contributed by atoms with Crippen LogP contribution < -0.4 is 0 Å². The Morgan fingerprint density at radius 3 is 2.48 bits per heavy atom. The van der Waals surface area contributed by atoms with Crippen molar-refractivity contribution in [2.45, 2.75) is 24.9 Å². The maximum absolute atomic E-state index is 12.9. The molecule has 146 valence electrons. The van der Waals surface area contributed by atoms with Crippen molar-refractivity contribution < 1.29 is 14.7 Å². The van der Waals surface area contributed by atoms with Gasteiger partial charge in [0.15, 0.2) is 0 Å². The van der Waals surface area contributed by atoms with Gasteiger partial charge < -0.3 is 14.6 Å². The summed E-state index contributed by atoms with van der Waals surface area (Å²) in [6.45, 7) is 2.27. The van der Waals surface area contributed by atoms with Crippen molar-refractivity contribution >= 4 is 24.0 Å². The molecule has 0 saturated carbocycles. The zero-order valence-electron chi connectivity index (χ0n) is 15.6. The standard InChI is InChI=1S/C18H23ClN4O.CH2O2/c1-21(2)17(24)18(23-12-9-20-14-23)7-10-22(11-8-18)13-15-5-3-4-6-16(15)19;2-1-3/h3-6,9,12,14H,7-8,10-11,13H2,1-2H3;1H,(H,2,3). The minimum atomic E-state index is -0.531. The minimum absolute atomic E-state index is 0.137. The lowest BCUT2D eigenvalue weighted by Gasteiger charge is -2.42. The molecule has 3 rings (SSSR count). The van der Waals surface area contributed by atoms with Crippen LogP contribution in [0.3, 0.4) is 0 Å². The molecule has 0 aliphatic carbocycles. The third-order valence-corrected chi connectivity index (χ3v) is 5.21. The lowest BCUT2D eigenvalue weighted by Crippen LogP contribution is -2.54. The van der Waals surface area contributed by atoms with Gasteiger partial charge in [0.2, 0.25) is 5.91 Å². The van der Waals surface area contributed by atoms with Crippen molar-refractivity contribution in [3.8, 4) is 0 Å². The van der Waals surface area contributed by atoms with Gasteiger partial charge in [0.05, 0.1) is 6.33 Å². The Morgan fingerprint density at radius 1 is 1.33 bits per heavy atom. The summed E-state index contributed by atoms with van der Waals surface area (Å²) < 4.78 is 1.97. The van der Waals surface area contributed by atoms with Crippen LogP contribution in [0.5, 0.6) is 0 Å². The van der Waals surface area contributed by atoms with Gasteiger partial charge in [0.1, 0.15) is 5.54 Å². The molecule has 8 heteroatoms. The Balaban J connectivity index is 0.000000817. The Morgan fingerprint density at radius 2 is 1.96 bits per heavy atom. The second-order valence-corrected chi connectivity index (χ2v) is 7.08. The second kappa shape index (κ2) is 9.53. The molecule has 2 heterocycles. The predicted molar refractivity (Wildman–Crippen MR) is 104 cm³/mol. The molecule has 27 heavy (non-hydrogen) atoms. The molecule has 0 atom stereocenters. The number of rotatable bonds is 4. The van der Waals surface area contributed by atoms with Crippen molar-refractivity contribution in [3.63, 3.8) is 0 Å². The summed E-state index contributed by atoms with van der Waals surface area (Å²) >= 11 is 6.27. The molecule has 1 aromatic carbocycles. The number of halogens is 1. The Labute approximate surface area is 164 Å². The zero-order valence-corrected chi connectivity index (χ0v) is 16.3. The van der Waals surface area contributed by atoms with Crippen LogP contribution in [0.15, 0.2) is 43.0 Å². The van der Waals surface area contributed by atoms with E-state index in [4.69, 9.17) is 21.5 Å². The molecule has 0 unspecified atom stereocenters. The highest BCUT2D eigenvalue weighted by molar-refractivity contribution is 6.31. The first-order valence-corrected chi connectivity index (χ1v) is 9.06. The highest BCUT2D eigenvalue weighted by Crippen LogP contribution is 2.33. The molecule has 1 aliphatic rings. The number of carbonyl (C=O) groups is 2. The van der Waals surface area contributed by atoms with Gasteiger partial charge in [-0.3, -0.25) is 14.5 Å². The van der Waals surface area contributed by atoms with E-state index in [1.54, 1.807) is 17.4 Å². The van der Waals surface area contributed by atoms with Crippen molar-refractivity contribution in [2.75, 3.05) is 27.2 Å². The molecule has 1 saturated heterocycles. The molecule has 7 nitrogen and oxygen atoms in total. The molecule has 0 spiro atoms. The first-order valence-electron chi connectivity index (χ1n) is 8.68. The van der Waals surface area contributed by atoms with E-state index < -0.39 is 5.54 Å². The minimum Gasteiger partial charge on any atom is -0.483 e. The molecular weight excluding hydrogens is 368 g/mol. The average molecular weight is 393 g/mol. The molecule has 1 aliphatic heterocycles. The van der Waals surface area contributed by atoms with Gasteiger partial charge in [-0.15, -0.1) is 0 Å². The van der Waals surface area contributed by atoms with E-state index in [-0.39, 0.29) is 12.4 Å². The number of likely N-dealkylation sites (tertiary alicyclic amines) is 1. The molecule has 1 fully saturated rings. The largest absolute Gasteiger partial charge is 0.483 e. The Hall–Kier alpha value is -2.38. The molecule has 1 aromatic heterocycles. The van der Waals surface area contributed by atoms with Gasteiger partial charge in [-0.1, -0.05) is 29.8 Å². The first-order chi connectivity index (χ1) is 12.9. The van der Waals surface area contributed by atoms with Crippen molar-refractivity contribution in [1.29, 1.82) is 0 Å². The van der Waals surface area contributed by atoms with E-state index in [0.717, 1.165) is 43.1 Å². The van der Waals surface area contributed by atoms with E-state index in [0.29, 0.717) is 0 Å². The number of benzene rings is 1. The normalized spacial score (nSPS) is 16.1. The van der Waals surface area contributed by atoms with Crippen molar-refractivity contribution in [2.24, 2.45) is 0 Å². The van der Waals surface area contributed by atoms with E-state index >= 15 is 0 Å². The van der Waals surface area contributed by atoms with E-state index in [2.05, 4.69) is 16.0 Å². The summed E-state index contributed by atoms with van der Waals surface area (Å²) in [6.07, 6.45) is 6.92. The number of likely N-dealkylation sites (N-methyl/N-ethyl adjacent to an activating group) is 1. The molecular formula is C19H25ClN4O3. The van der Waals surface area contributed by atoms with Crippen LogP contribution in [-0.2, 0) is 21.7 Å². The summed E-state index contributed by atoms with van der Waals surface area (Å²) in [5.74, 6) is 0.137. The van der Waals surface area contributed by atoms with Crippen molar-refractivity contribution in [3.05, 3.63) is 53.6 Å². The average Bonchev–Trinajstić information content (AvgIpc) is 3.20. The fourth-order valence-electron chi connectivity index (χ4n) is 3.46. The summed E-state index contributed by atoms with van der Waals surface area (Å²) in [7, 11) is 3.63. The van der Waals surface area contributed by atoms with Gasteiger partial charge in [0, 0.05) is 51.1 Å². The van der Waals surface area contributed by atoms with Gasteiger partial charge in [0.25, 0.3) is 6.47 Å². The monoisotopic (exact) mass is 392 g/mol. The summed E-state index contributed by atoms with van der Waals surface area (Å²) in [6, 6.07) is 7.94. The molecule has 1 amide bonds. The Kier molecular flexibility index (Phi) is 7.38. The number of hydrogen-bond donors (Lipinski definition) is 1. The number of hydrogen-bond acceptors (Lipinski definition) is 4. The van der Waals surface area contributed by atoms with E-state index in [1.807, 2.05) is 43.1 Å². The van der Waals surface area contributed by atoms with Crippen LogP contribution in [0.4, 0.5) is 0 Å². The summed E-state index contributed by atoms with van der Waals surface area (Å²) in [5.41, 5.74) is 0.602. The quantitative estimate of drug-likeness (QED) is 0.808. The number of carboxylic acid groups (broad SMARTS) is 1. The Bertz CT molecular complexity index is 741. The molecule has 2 aromatic rings. The number of aromatic nitrogens is 2. The zero-order chi connectivity index (χ0) is 19.9. The van der Waals surface area contributed by atoms with Crippen LogP contribution >= 0.6 is 11.6 Å². The van der Waals surface area contributed by atoms with Gasteiger partial charge in [-0.2, -0.15) is 0 Å². The van der Waals surface area contributed by atoms with E-state index in [9.17, 15) is 4.79 Å². The number of amides is 1. The number of piperidine rings is 1. The predicted octanol–water partition coefficient (Wildman–Crippen LogP) is 2.32. The van der Waals surface area contributed by atoms with Gasteiger partial charge in [-0.05, 0) is 24.5 Å². The van der Waals surface area contributed by atoms with Gasteiger partial charge in [-0.25, -0.2) is 4.98 Å². The van der Waals surface area contributed by atoms with Crippen LogP contribution in [0.2, 0.25) is 5.02 Å². The highest BCUT2D eigenvalue weighted by Gasteiger charge is 2.43. The smallest absolute Gasteiger partial charge is 0.290 e. The third kappa shape index (κ3) is 4.87. The SMILES string of the molecule is CN(C)C(=O)C1(n2ccnc2)CCN(Cc2ccccc2Cl)CC1.O=CO. The topological polar surface area (TPSA) is 78.7 Å². The summed E-state index contributed by atoms with van der Waals surface area (Å²) in [5, 5.41) is 7.69.